The topological polar surface area (TPSA) is 86.8 Å². The van der Waals surface area contributed by atoms with E-state index in [4.69, 9.17) is 11.6 Å². The van der Waals surface area contributed by atoms with Gasteiger partial charge in [-0.1, -0.05) is 54.4 Å². The Labute approximate surface area is 253 Å². The molecule has 0 saturated carbocycles. The van der Waals surface area contributed by atoms with Gasteiger partial charge in [0.1, 0.15) is 12.6 Å². The molecule has 220 valence electrons. The molecule has 0 aliphatic heterocycles. The molecule has 3 aromatic rings. The minimum absolute atomic E-state index is 0.0405. The zero-order valence-electron chi connectivity index (χ0n) is 24.3. The summed E-state index contributed by atoms with van der Waals surface area (Å²) in [7, 11) is -4.13. The molecule has 0 radical (unpaired) electrons. The van der Waals surface area contributed by atoms with E-state index in [-0.39, 0.29) is 17.3 Å². The molecule has 3 rings (SSSR count). The molecule has 0 aliphatic rings. The summed E-state index contributed by atoms with van der Waals surface area (Å²) in [5.41, 5.74) is 1.43. The number of anilines is 1. The van der Waals surface area contributed by atoms with Crippen molar-refractivity contribution in [3.8, 4) is 0 Å². The minimum atomic E-state index is -4.13. The number of halogens is 1. The number of sulfonamides is 1. The molecule has 0 bridgehead atoms. The Hall–Kier alpha value is -3.01. The Morgan fingerprint density at radius 3 is 2.12 bits per heavy atom. The lowest BCUT2D eigenvalue weighted by Crippen LogP contribution is -2.55. The van der Waals surface area contributed by atoms with Gasteiger partial charge in [0, 0.05) is 22.0 Å². The number of carbonyl (C=O) groups is 2. The molecule has 1 N–H and O–H groups in total. The van der Waals surface area contributed by atoms with Crippen molar-refractivity contribution in [1.29, 1.82) is 0 Å². The van der Waals surface area contributed by atoms with Gasteiger partial charge in [-0.05, 0) is 88.4 Å². The van der Waals surface area contributed by atoms with Gasteiger partial charge >= 0.3 is 0 Å². The third-order valence-electron chi connectivity index (χ3n) is 6.43. The van der Waals surface area contributed by atoms with E-state index in [1.54, 1.807) is 72.8 Å². The van der Waals surface area contributed by atoms with E-state index in [0.717, 1.165) is 14.8 Å². The van der Waals surface area contributed by atoms with E-state index in [1.807, 2.05) is 40.9 Å². The van der Waals surface area contributed by atoms with Gasteiger partial charge in [-0.3, -0.25) is 13.9 Å². The van der Waals surface area contributed by atoms with Crippen molar-refractivity contribution in [2.24, 2.45) is 0 Å². The van der Waals surface area contributed by atoms with Crippen LogP contribution in [0.3, 0.4) is 0 Å². The molecule has 0 aromatic heterocycles. The Bertz CT molecular complexity index is 1450. The van der Waals surface area contributed by atoms with Gasteiger partial charge < -0.3 is 10.2 Å². The molecule has 7 nitrogen and oxygen atoms in total. The highest BCUT2D eigenvalue weighted by Gasteiger charge is 2.34. The quantitative estimate of drug-likeness (QED) is 0.256. The predicted octanol–water partition coefficient (Wildman–Crippen LogP) is 6.29. The lowest BCUT2D eigenvalue weighted by Gasteiger charge is -2.35. The van der Waals surface area contributed by atoms with Crippen molar-refractivity contribution >= 4 is 50.9 Å². The van der Waals surface area contributed by atoms with Crippen LogP contribution in [0.1, 0.15) is 45.2 Å². The number of amides is 2. The molecule has 10 heteroatoms. The number of carbonyl (C=O) groups excluding carboxylic acids is 2. The van der Waals surface area contributed by atoms with Crippen molar-refractivity contribution in [2.45, 2.75) is 69.0 Å². The molecule has 41 heavy (non-hydrogen) atoms. The molecule has 0 saturated heterocycles. The Balaban J connectivity index is 2.08. The van der Waals surface area contributed by atoms with Crippen molar-refractivity contribution in [1.82, 2.24) is 10.2 Å². The zero-order chi connectivity index (χ0) is 30.4. The van der Waals surface area contributed by atoms with Crippen LogP contribution >= 0.6 is 23.4 Å². The average molecular weight is 616 g/mol. The molecule has 0 fully saturated rings. The predicted molar refractivity (Wildman–Crippen MR) is 168 cm³/mol. The molecule has 0 spiro atoms. The number of nitrogens with one attached hydrogen (secondary N) is 1. The first kappa shape index (κ1) is 32.5. The molecule has 0 aliphatic carbocycles. The summed E-state index contributed by atoms with van der Waals surface area (Å²) in [5, 5.41) is 3.42. The summed E-state index contributed by atoms with van der Waals surface area (Å²) in [5.74, 6) is -0.844. The minimum Gasteiger partial charge on any atom is -0.350 e. The van der Waals surface area contributed by atoms with Crippen LogP contribution in [0, 0.1) is 6.92 Å². The second kappa shape index (κ2) is 13.8. The van der Waals surface area contributed by atoms with Crippen LogP contribution < -0.4 is 9.62 Å². The summed E-state index contributed by atoms with van der Waals surface area (Å²) < 4.78 is 29.1. The molecular formula is C31H38ClN3O4S2. The Kier molecular flexibility index (Phi) is 10.9. The smallest absolute Gasteiger partial charge is 0.264 e. The van der Waals surface area contributed by atoms with Crippen LogP contribution in [0.4, 0.5) is 5.69 Å². The second-order valence-corrected chi connectivity index (χ2v) is 13.9. The van der Waals surface area contributed by atoms with Gasteiger partial charge in [-0.15, -0.1) is 11.8 Å². The van der Waals surface area contributed by atoms with Gasteiger partial charge in [0.25, 0.3) is 10.0 Å². The monoisotopic (exact) mass is 615 g/mol. The highest BCUT2D eigenvalue weighted by atomic mass is 35.5. The van der Waals surface area contributed by atoms with E-state index < -0.39 is 34.1 Å². The number of rotatable bonds is 11. The molecule has 1 atom stereocenters. The molecular weight excluding hydrogens is 578 g/mol. The van der Waals surface area contributed by atoms with Gasteiger partial charge in [0.15, 0.2) is 0 Å². The van der Waals surface area contributed by atoms with E-state index >= 15 is 0 Å². The van der Waals surface area contributed by atoms with Crippen LogP contribution in [-0.4, -0.2) is 49.5 Å². The van der Waals surface area contributed by atoms with Crippen LogP contribution in [0.5, 0.6) is 0 Å². The number of nitrogens with zero attached hydrogens (tertiary/aromatic N) is 2. The van der Waals surface area contributed by atoms with Crippen LogP contribution in [0.15, 0.2) is 82.6 Å². The number of benzene rings is 3. The first-order valence-corrected chi connectivity index (χ1v) is 16.4. The van der Waals surface area contributed by atoms with Crippen molar-refractivity contribution in [3.05, 3.63) is 88.9 Å². The zero-order valence-corrected chi connectivity index (χ0v) is 26.7. The standard InChI is InChI=1S/C31H38ClN3O4S2/c1-7-28(30(37)33-31(3,4)5)34(20-23-10-8-9-11-27(23)32)29(36)21-35(24-14-12-22(2)13-15-24)41(38,39)26-18-16-25(40-6)17-19-26/h8-19,28H,7,20-21H2,1-6H3,(H,33,37)/t28-/m0/s1. The lowest BCUT2D eigenvalue weighted by molar-refractivity contribution is -0.141. The van der Waals surface area contributed by atoms with E-state index in [2.05, 4.69) is 5.32 Å². The summed E-state index contributed by atoms with van der Waals surface area (Å²) in [4.78, 5) is 30.0. The van der Waals surface area contributed by atoms with Gasteiger partial charge in [0.2, 0.25) is 11.8 Å². The van der Waals surface area contributed by atoms with Crippen molar-refractivity contribution < 1.29 is 18.0 Å². The fourth-order valence-corrected chi connectivity index (χ4v) is 6.32. The summed E-state index contributed by atoms with van der Waals surface area (Å²) in [6.45, 7) is 8.86. The van der Waals surface area contributed by atoms with Crippen LogP contribution in [0.2, 0.25) is 5.02 Å². The van der Waals surface area contributed by atoms with Crippen molar-refractivity contribution in [3.63, 3.8) is 0 Å². The fraction of sp³-hybridized carbons (Fsp3) is 0.355. The normalized spacial score (nSPS) is 12.5. The number of hydrogen-bond acceptors (Lipinski definition) is 5. The molecule has 3 aromatic carbocycles. The highest BCUT2D eigenvalue weighted by Crippen LogP contribution is 2.27. The SMILES string of the molecule is CC[C@@H](C(=O)NC(C)(C)C)N(Cc1ccccc1Cl)C(=O)CN(c1ccc(C)cc1)S(=O)(=O)c1ccc(SC)cc1. The van der Waals surface area contributed by atoms with Gasteiger partial charge in [0.05, 0.1) is 10.6 Å². The number of hydrogen-bond donors (Lipinski definition) is 1. The Morgan fingerprint density at radius 1 is 0.976 bits per heavy atom. The lowest BCUT2D eigenvalue weighted by atomic mass is 10.1. The van der Waals surface area contributed by atoms with Crippen LogP contribution in [0.25, 0.3) is 0 Å². The summed E-state index contributed by atoms with van der Waals surface area (Å²) in [6, 6.07) is 19.8. The first-order chi connectivity index (χ1) is 19.3. The average Bonchev–Trinajstić information content (AvgIpc) is 2.92. The van der Waals surface area contributed by atoms with E-state index in [0.29, 0.717) is 22.7 Å². The van der Waals surface area contributed by atoms with E-state index in [9.17, 15) is 18.0 Å². The maximum atomic E-state index is 14.2. The molecule has 0 unspecified atom stereocenters. The van der Waals surface area contributed by atoms with Gasteiger partial charge in [-0.25, -0.2) is 8.42 Å². The second-order valence-electron chi connectivity index (χ2n) is 10.8. The molecule has 2 amide bonds. The fourth-order valence-electron chi connectivity index (χ4n) is 4.30. The summed E-state index contributed by atoms with van der Waals surface area (Å²) >= 11 is 7.96. The maximum Gasteiger partial charge on any atom is 0.264 e. The maximum absolute atomic E-state index is 14.2. The third-order valence-corrected chi connectivity index (χ3v) is 9.33. The highest BCUT2D eigenvalue weighted by molar-refractivity contribution is 7.98. The number of aryl methyl sites for hydroxylation is 1. The van der Waals surface area contributed by atoms with E-state index in [1.165, 1.54) is 16.7 Å². The Morgan fingerprint density at radius 2 is 1.59 bits per heavy atom. The first-order valence-electron chi connectivity index (χ1n) is 13.3. The molecule has 0 heterocycles. The summed E-state index contributed by atoms with van der Waals surface area (Å²) in [6.07, 6.45) is 2.24. The third kappa shape index (κ3) is 8.50. The van der Waals surface area contributed by atoms with Gasteiger partial charge in [-0.2, -0.15) is 0 Å². The van der Waals surface area contributed by atoms with Crippen molar-refractivity contribution in [2.75, 3.05) is 17.1 Å². The van der Waals surface area contributed by atoms with Crippen LogP contribution in [-0.2, 0) is 26.2 Å². The number of thioether (sulfide) groups is 1. The largest absolute Gasteiger partial charge is 0.350 e.